The van der Waals surface area contributed by atoms with Crippen molar-refractivity contribution in [3.05, 3.63) is 0 Å². The summed E-state index contributed by atoms with van der Waals surface area (Å²) in [6, 6.07) is -0.634. The molecule has 4 rings (SSSR count). The van der Waals surface area contributed by atoms with Crippen molar-refractivity contribution in [2.75, 3.05) is 45.8 Å². The summed E-state index contributed by atoms with van der Waals surface area (Å²) in [6.07, 6.45) is 5.90. The number of amides is 5. The van der Waals surface area contributed by atoms with Crippen LogP contribution in [0.25, 0.3) is 0 Å². The number of nitrogens with zero attached hydrogens (tertiary/aromatic N) is 4. The minimum absolute atomic E-state index is 0.0786. The zero-order valence-corrected chi connectivity index (χ0v) is 19.5. The first kappa shape index (κ1) is 23.0. The number of piperidine rings is 3. The molecule has 1 spiro atoms. The van der Waals surface area contributed by atoms with Crippen molar-refractivity contribution in [3.63, 3.8) is 0 Å². The molecule has 9 heteroatoms. The number of hydrogen-bond donors (Lipinski definition) is 1. The van der Waals surface area contributed by atoms with Gasteiger partial charge in [0, 0.05) is 32.1 Å². The van der Waals surface area contributed by atoms with Crippen LogP contribution in [0.4, 0.5) is 4.79 Å². The number of imide groups is 1. The molecule has 0 radical (unpaired) electrons. The van der Waals surface area contributed by atoms with Crippen LogP contribution in [-0.2, 0) is 14.4 Å². The third-order valence-corrected chi connectivity index (χ3v) is 7.54. The van der Waals surface area contributed by atoms with Gasteiger partial charge in [0.15, 0.2) is 0 Å². The summed E-state index contributed by atoms with van der Waals surface area (Å²) in [5, 5.41) is 2.95. The Balaban J connectivity index is 1.37. The first-order chi connectivity index (χ1) is 15.3. The normalized spacial score (nSPS) is 26.7. The predicted molar refractivity (Wildman–Crippen MR) is 119 cm³/mol. The highest BCUT2D eigenvalue weighted by Gasteiger charge is 2.55. The third-order valence-electron chi connectivity index (χ3n) is 7.54. The van der Waals surface area contributed by atoms with E-state index in [9.17, 15) is 19.2 Å². The van der Waals surface area contributed by atoms with Crippen molar-refractivity contribution in [1.29, 1.82) is 0 Å². The van der Waals surface area contributed by atoms with Crippen molar-refractivity contribution in [3.8, 4) is 0 Å². The Labute approximate surface area is 190 Å². The first-order valence-corrected chi connectivity index (χ1v) is 12.3. The highest BCUT2D eigenvalue weighted by atomic mass is 16.2. The molecule has 32 heavy (non-hydrogen) atoms. The lowest BCUT2D eigenvalue weighted by Gasteiger charge is -2.40. The molecule has 4 heterocycles. The summed E-state index contributed by atoms with van der Waals surface area (Å²) >= 11 is 0. The lowest BCUT2D eigenvalue weighted by molar-refractivity contribution is -0.142. The van der Waals surface area contributed by atoms with E-state index in [-0.39, 0.29) is 35.7 Å². The van der Waals surface area contributed by atoms with E-state index in [1.165, 1.54) is 11.3 Å². The van der Waals surface area contributed by atoms with Crippen molar-refractivity contribution in [1.82, 2.24) is 24.9 Å². The molecule has 0 aromatic heterocycles. The SMILES string of the molecule is CC(C)C(=O)N1CCC2(CC1)NC(=O)N([C@H]1CCCN(C(=O)CN3CCCCC3)C1)C2=O. The van der Waals surface area contributed by atoms with Gasteiger partial charge in [0.05, 0.1) is 12.6 Å². The lowest BCUT2D eigenvalue weighted by Crippen LogP contribution is -2.57. The average molecular weight is 448 g/mol. The number of nitrogens with one attached hydrogen (secondary N) is 1. The van der Waals surface area contributed by atoms with Crippen LogP contribution in [0.15, 0.2) is 0 Å². The van der Waals surface area contributed by atoms with Gasteiger partial charge in [-0.2, -0.15) is 0 Å². The molecular formula is C23H37N5O4. The molecule has 5 amide bonds. The Morgan fingerprint density at radius 3 is 2.31 bits per heavy atom. The molecule has 0 aromatic rings. The maximum Gasteiger partial charge on any atom is 0.325 e. The van der Waals surface area contributed by atoms with Crippen LogP contribution in [0.2, 0.25) is 0 Å². The third kappa shape index (κ3) is 4.49. The van der Waals surface area contributed by atoms with E-state index in [0.29, 0.717) is 45.6 Å². The van der Waals surface area contributed by atoms with Gasteiger partial charge in [-0.3, -0.25) is 24.2 Å². The van der Waals surface area contributed by atoms with Crippen molar-refractivity contribution < 1.29 is 19.2 Å². The van der Waals surface area contributed by atoms with Crippen LogP contribution in [0, 0.1) is 5.92 Å². The second kappa shape index (κ2) is 9.37. The Kier molecular flexibility index (Phi) is 6.74. The summed E-state index contributed by atoms with van der Waals surface area (Å²) in [5.41, 5.74) is -0.912. The zero-order valence-electron chi connectivity index (χ0n) is 19.5. The maximum atomic E-state index is 13.4. The van der Waals surface area contributed by atoms with Gasteiger partial charge in [-0.1, -0.05) is 20.3 Å². The molecule has 0 unspecified atom stereocenters. The number of urea groups is 1. The lowest BCUT2D eigenvalue weighted by atomic mass is 9.86. The Bertz CT molecular complexity index is 755. The van der Waals surface area contributed by atoms with E-state index in [1.807, 2.05) is 18.7 Å². The molecule has 178 valence electrons. The summed E-state index contributed by atoms with van der Waals surface area (Å²) in [6.45, 7) is 8.16. The molecule has 9 nitrogen and oxygen atoms in total. The van der Waals surface area contributed by atoms with Crippen molar-refractivity contribution in [2.45, 2.75) is 70.4 Å². The van der Waals surface area contributed by atoms with Crippen LogP contribution >= 0.6 is 0 Å². The van der Waals surface area contributed by atoms with E-state index >= 15 is 0 Å². The van der Waals surface area contributed by atoms with Crippen LogP contribution in [0.3, 0.4) is 0 Å². The fourth-order valence-electron chi connectivity index (χ4n) is 5.59. The smallest absolute Gasteiger partial charge is 0.325 e. The van der Waals surface area contributed by atoms with Gasteiger partial charge >= 0.3 is 6.03 Å². The molecule has 4 aliphatic rings. The molecule has 4 aliphatic heterocycles. The fourth-order valence-corrected chi connectivity index (χ4v) is 5.59. The van der Waals surface area contributed by atoms with Gasteiger partial charge in [0.25, 0.3) is 5.91 Å². The predicted octanol–water partition coefficient (Wildman–Crippen LogP) is 1.03. The van der Waals surface area contributed by atoms with Crippen LogP contribution in [-0.4, -0.2) is 101 Å². The van der Waals surface area contributed by atoms with Gasteiger partial charge in [-0.25, -0.2) is 4.79 Å². The summed E-state index contributed by atoms with van der Waals surface area (Å²) in [5.74, 6) is -0.0814. The standard InChI is InChI=1S/C23H37N5O4/c1-17(2)20(30)26-13-8-23(9-14-26)21(31)28(22(32)24-23)18-7-6-12-27(15-18)19(29)16-25-10-4-3-5-11-25/h17-18H,3-16H2,1-2H3,(H,24,32)/t18-/m0/s1. The van der Waals surface area contributed by atoms with Gasteiger partial charge in [0.1, 0.15) is 5.54 Å². The number of likely N-dealkylation sites (tertiary alicyclic amines) is 3. The molecule has 4 fully saturated rings. The molecule has 1 N–H and O–H groups in total. The highest BCUT2D eigenvalue weighted by Crippen LogP contribution is 2.32. The van der Waals surface area contributed by atoms with Gasteiger partial charge in [-0.15, -0.1) is 0 Å². The van der Waals surface area contributed by atoms with Crippen LogP contribution in [0.1, 0.15) is 58.8 Å². The maximum absolute atomic E-state index is 13.4. The van der Waals surface area contributed by atoms with Gasteiger partial charge < -0.3 is 15.1 Å². The fraction of sp³-hybridized carbons (Fsp3) is 0.826. The summed E-state index contributed by atoms with van der Waals surface area (Å²) in [4.78, 5) is 58.7. The topological polar surface area (TPSA) is 93.3 Å². The largest absolute Gasteiger partial charge is 0.342 e. The molecule has 0 aromatic carbocycles. The number of carbonyl (C=O) groups is 4. The Hall–Kier alpha value is -2.16. The zero-order chi connectivity index (χ0) is 22.9. The van der Waals surface area contributed by atoms with Crippen molar-refractivity contribution >= 4 is 23.8 Å². The molecular weight excluding hydrogens is 410 g/mol. The van der Waals surface area contributed by atoms with Gasteiger partial charge in [0.2, 0.25) is 11.8 Å². The van der Waals surface area contributed by atoms with E-state index < -0.39 is 5.54 Å². The quantitative estimate of drug-likeness (QED) is 0.650. The van der Waals surface area contributed by atoms with Crippen molar-refractivity contribution in [2.24, 2.45) is 5.92 Å². The Morgan fingerprint density at radius 2 is 1.66 bits per heavy atom. The number of carbonyl (C=O) groups excluding carboxylic acids is 4. The van der Waals surface area contributed by atoms with Gasteiger partial charge in [-0.05, 0) is 51.6 Å². The van der Waals surface area contributed by atoms with E-state index in [4.69, 9.17) is 0 Å². The first-order valence-electron chi connectivity index (χ1n) is 12.3. The molecule has 1 atom stereocenters. The highest BCUT2D eigenvalue weighted by molar-refractivity contribution is 6.07. The summed E-state index contributed by atoms with van der Waals surface area (Å²) < 4.78 is 0. The second-order valence-corrected chi connectivity index (χ2v) is 10.1. The van der Waals surface area contributed by atoms with E-state index in [2.05, 4.69) is 10.2 Å². The summed E-state index contributed by atoms with van der Waals surface area (Å²) in [7, 11) is 0. The monoisotopic (exact) mass is 447 g/mol. The van der Waals surface area contributed by atoms with E-state index in [0.717, 1.165) is 38.8 Å². The number of rotatable bonds is 4. The average Bonchev–Trinajstić information content (AvgIpc) is 3.03. The van der Waals surface area contributed by atoms with Crippen LogP contribution in [0.5, 0.6) is 0 Å². The Morgan fingerprint density at radius 1 is 0.969 bits per heavy atom. The molecule has 0 aliphatic carbocycles. The minimum Gasteiger partial charge on any atom is -0.342 e. The molecule has 4 saturated heterocycles. The second-order valence-electron chi connectivity index (χ2n) is 10.1. The van der Waals surface area contributed by atoms with Crippen LogP contribution < -0.4 is 5.32 Å². The molecule has 0 saturated carbocycles. The van der Waals surface area contributed by atoms with E-state index in [1.54, 1.807) is 4.90 Å². The molecule has 0 bridgehead atoms. The number of hydrogen-bond acceptors (Lipinski definition) is 5. The minimum atomic E-state index is -0.912.